The molecule has 0 spiro atoms. The molecule has 21 nitrogen and oxygen atoms in total. The summed E-state index contributed by atoms with van der Waals surface area (Å²) >= 11 is 1.60. The van der Waals surface area contributed by atoms with Crippen LogP contribution in [0.2, 0.25) is 0 Å². The zero-order valence-electron chi connectivity index (χ0n) is 32.8. The second-order valence-electron chi connectivity index (χ2n) is 11.3. The lowest BCUT2D eigenvalue weighted by atomic mass is 10.1. The van der Waals surface area contributed by atoms with Crippen molar-refractivity contribution in [2.45, 2.75) is 58.3 Å². The molecule has 1 atom stereocenters. The Bertz CT molecular complexity index is 1230. The topological polar surface area (TPSA) is 339 Å². The summed E-state index contributed by atoms with van der Waals surface area (Å²) in [4.78, 5) is 38.8. The van der Waals surface area contributed by atoms with E-state index >= 15 is 0 Å². The minimum absolute atomic E-state index is 0.425. The van der Waals surface area contributed by atoms with E-state index in [-0.39, 0.29) is 0 Å². The van der Waals surface area contributed by atoms with Crippen LogP contribution in [0.3, 0.4) is 0 Å². The second-order valence-corrected chi connectivity index (χ2v) is 13.9. The number of aliphatic hydroxyl groups excluding tert-OH is 6. The Balaban J connectivity index is 0. The molecule has 2 aromatic rings. The number of thiophene rings is 1. The van der Waals surface area contributed by atoms with Crippen LogP contribution in [0.4, 0.5) is 14.4 Å². The van der Waals surface area contributed by atoms with Gasteiger partial charge >= 0.3 is 18.1 Å². The average Bonchev–Trinajstić information content (AvgIpc) is 3.63. The minimum atomic E-state index is -1.02. The molecule has 2 heterocycles. The monoisotopic (exact) mass is 854 g/mol. The van der Waals surface area contributed by atoms with E-state index in [1.807, 2.05) is 56.2 Å². The highest BCUT2D eigenvalue weighted by atomic mass is 32.2. The molecule has 3 rings (SSSR count). The summed E-state index contributed by atoms with van der Waals surface area (Å²) in [6.45, 7) is 5.28. The summed E-state index contributed by atoms with van der Waals surface area (Å²) in [6, 6.07) is 8.35. The number of nitrogens with two attached hydrogens (primary N) is 2. The number of hydrogen-bond acceptors (Lipinski definition) is 16. The van der Waals surface area contributed by atoms with E-state index in [0.717, 1.165) is 49.3 Å². The smallest absolute Gasteiger partial charge is 0.318 e. The van der Waals surface area contributed by atoms with Gasteiger partial charge in [-0.2, -0.15) is 0 Å². The fraction of sp³-hybridized carbons (Fsp3) is 0.647. The number of carbonyl (C=O) groups excluding carboxylic acids is 3. The predicted molar refractivity (Wildman–Crippen MR) is 222 cm³/mol. The number of aliphatic hydroxyl groups is 6. The molecule has 1 aromatic heterocycles. The zero-order chi connectivity index (χ0) is 42.9. The quantitative estimate of drug-likeness (QED) is 0.0576. The molecule has 23 heteroatoms. The van der Waals surface area contributed by atoms with Gasteiger partial charge in [0.05, 0.1) is 21.4 Å². The maximum atomic E-state index is 11.8. The van der Waals surface area contributed by atoms with Crippen molar-refractivity contribution < 1.29 is 54.1 Å². The summed E-state index contributed by atoms with van der Waals surface area (Å²) in [5, 5.41) is 65.6. The molecule has 0 saturated carbocycles. The van der Waals surface area contributed by atoms with Gasteiger partial charge in [0, 0.05) is 4.70 Å². The third kappa shape index (κ3) is 32.0. The van der Waals surface area contributed by atoms with Crippen LogP contribution in [0, 0.1) is 0 Å². The van der Waals surface area contributed by atoms with Crippen molar-refractivity contribution in [1.82, 2.24) is 36.8 Å². The SMILES string of the molecule is CCCCCCCCN(CCCN)CCCN.O=C(NCO)NCO.O=C(NCO)NCO.O=C(NCO)NCO.O=S1CCON=C1c1cc2ccccc2s1. The van der Waals surface area contributed by atoms with Gasteiger partial charge in [0.1, 0.15) is 47.0 Å². The van der Waals surface area contributed by atoms with Crippen molar-refractivity contribution in [3.63, 3.8) is 0 Å². The van der Waals surface area contributed by atoms with Crippen molar-refractivity contribution in [1.29, 1.82) is 0 Å². The first-order chi connectivity index (χ1) is 27.6. The second kappa shape index (κ2) is 40.4. The molecule has 57 heavy (non-hydrogen) atoms. The highest BCUT2D eigenvalue weighted by molar-refractivity contribution is 8.01. The number of benzene rings is 1. The number of fused-ring (bicyclic) bond motifs is 1. The van der Waals surface area contributed by atoms with Gasteiger partial charge < -0.3 is 83.7 Å². The number of carbonyl (C=O) groups is 3. The van der Waals surface area contributed by atoms with E-state index in [1.165, 1.54) is 49.8 Å². The number of amides is 6. The third-order valence-electron chi connectivity index (χ3n) is 6.98. The van der Waals surface area contributed by atoms with Crippen molar-refractivity contribution in [2.24, 2.45) is 16.6 Å². The van der Waals surface area contributed by atoms with Crippen LogP contribution in [0.15, 0.2) is 35.5 Å². The Kier molecular flexibility index (Phi) is 39.3. The van der Waals surface area contributed by atoms with E-state index in [9.17, 15) is 18.6 Å². The van der Waals surface area contributed by atoms with Crippen molar-refractivity contribution in [3.8, 4) is 0 Å². The number of urea groups is 3. The van der Waals surface area contributed by atoms with E-state index in [1.54, 1.807) is 11.3 Å². The first-order valence-corrected chi connectivity index (χ1v) is 20.7. The molecule has 0 saturated heterocycles. The first-order valence-electron chi connectivity index (χ1n) is 18.5. The van der Waals surface area contributed by atoms with Crippen LogP contribution in [-0.4, -0.2) is 148 Å². The molecule has 1 unspecified atom stereocenters. The van der Waals surface area contributed by atoms with Gasteiger partial charge in [-0.1, -0.05) is 62.4 Å². The number of hydrogen-bond donors (Lipinski definition) is 14. The van der Waals surface area contributed by atoms with Gasteiger partial charge in [-0.05, 0) is 69.5 Å². The van der Waals surface area contributed by atoms with Crippen molar-refractivity contribution >= 4 is 55.4 Å². The van der Waals surface area contributed by atoms with Crippen molar-refractivity contribution in [3.05, 3.63) is 35.2 Å². The van der Waals surface area contributed by atoms with E-state index < -0.39 is 69.3 Å². The molecule has 16 N–H and O–H groups in total. The lowest BCUT2D eigenvalue weighted by Gasteiger charge is -2.21. The molecule has 6 amide bonds. The summed E-state index contributed by atoms with van der Waals surface area (Å²) in [5.41, 5.74) is 11.1. The Labute approximate surface area is 341 Å². The Morgan fingerprint density at radius 2 is 1.16 bits per heavy atom. The van der Waals surface area contributed by atoms with Crippen LogP contribution in [0.25, 0.3) is 10.1 Å². The molecule has 1 aromatic carbocycles. The number of oxime groups is 1. The number of nitrogens with zero attached hydrogens (tertiary/aromatic N) is 2. The molecule has 1 aliphatic rings. The fourth-order valence-electron chi connectivity index (χ4n) is 4.30. The number of unbranched alkanes of at least 4 members (excludes halogenated alkanes) is 5. The first kappa shape index (κ1) is 55.3. The maximum Gasteiger partial charge on any atom is 0.318 e. The van der Waals surface area contributed by atoms with Crippen LogP contribution >= 0.6 is 11.3 Å². The zero-order valence-corrected chi connectivity index (χ0v) is 34.5. The van der Waals surface area contributed by atoms with Gasteiger partial charge in [0.2, 0.25) is 0 Å². The molecule has 0 bridgehead atoms. The van der Waals surface area contributed by atoms with Crippen LogP contribution in [-0.2, 0) is 15.6 Å². The molecule has 1 aliphatic heterocycles. The predicted octanol–water partition coefficient (Wildman–Crippen LogP) is -0.756. The fourth-order valence-corrected chi connectivity index (χ4v) is 6.48. The Morgan fingerprint density at radius 1 is 0.719 bits per heavy atom. The highest BCUT2D eigenvalue weighted by Crippen LogP contribution is 2.27. The number of rotatable bonds is 20. The normalized spacial score (nSPS) is 12.6. The summed E-state index contributed by atoms with van der Waals surface area (Å²) in [7, 11) is -1.02. The van der Waals surface area contributed by atoms with Gasteiger partial charge in [0.15, 0.2) is 5.04 Å². The molecular weight excluding hydrogens is 789 g/mol. The van der Waals surface area contributed by atoms with E-state index in [2.05, 4.69) is 23.0 Å². The van der Waals surface area contributed by atoms with Crippen LogP contribution < -0.4 is 43.4 Å². The Hall–Kier alpha value is -3.75. The number of nitrogens with one attached hydrogen (secondary N) is 6. The van der Waals surface area contributed by atoms with Crippen LogP contribution in [0.5, 0.6) is 0 Å². The van der Waals surface area contributed by atoms with Gasteiger partial charge in [-0.3, -0.25) is 4.21 Å². The maximum absolute atomic E-state index is 11.8. The lowest BCUT2D eigenvalue weighted by Crippen LogP contribution is -2.36. The molecule has 330 valence electrons. The van der Waals surface area contributed by atoms with Gasteiger partial charge in [-0.25, -0.2) is 14.4 Å². The summed E-state index contributed by atoms with van der Waals surface area (Å²) in [6.07, 6.45) is 10.5. The standard InChI is InChI=1S/C14H33N3.C11H9NO2S2.3C3H8N2O3/c1-2-3-4-5-6-7-12-17(13-8-10-15)14-9-11-16;13-16-6-5-14-12-11(16)10-7-8-3-1-2-4-9(8)15-10;3*6-1-4-3(8)5-2-7/h2-16H2,1H3;1-4,7H,5-6H2;3*6-7H,1-2H2,(H2,4,5,8). The largest absolute Gasteiger partial charge is 0.394 e. The van der Waals surface area contributed by atoms with Crippen LogP contribution in [0.1, 0.15) is 63.2 Å². The summed E-state index contributed by atoms with van der Waals surface area (Å²) in [5.74, 6) is 0.535. The average molecular weight is 855 g/mol. The molecule has 0 aliphatic carbocycles. The van der Waals surface area contributed by atoms with Gasteiger partial charge in [-0.15, -0.1) is 11.3 Å². The highest BCUT2D eigenvalue weighted by Gasteiger charge is 2.19. The third-order valence-corrected chi connectivity index (χ3v) is 9.50. The molecular formula is C34H66N10O11S2. The Morgan fingerprint density at radius 3 is 1.58 bits per heavy atom. The lowest BCUT2D eigenvalue weighted by molar-refractivity contribution is 0.159. The molecule has 0 fully saturated rings. The minimum Gasteiger partial charge on any atom is -0.394 e. The molecule has 0 radical (unpaired) electrons. The van der Waals surface area contributed by atoms with E-state index in [0.29, 0.717) is 17.4 Å². The summed E-state index contributed by atoms with van der Waals surface area (Å²) < 4.78 is 13.0. The van der Waals surface area contributed by atoms with Gasteiger partial charge in [0.25, 0.3) is 0 Å². The van der Waals surface area contributed by atoms with Crippen molar-refractivity contribution in [2.75, 3.05) is 85.5 Å². The van der Waals surface area contributed by atoms with E-state index in [4.69, 9.17) is 46.9 Å².